The molecule has 0 aliphatic carbocycles. The lowest BCUT2D eigenvalue weighted by Crippen LogP contribution is -2.33. The van der Waals surface area contributed by atoms with Gasteiger partial charge in [0.15, 0.2) is 36.2 Å². The summed E-state index contributed by atoms with van der Waals surface area (Å²) in [5, 5.41) is 14.7. The van der Waals surface area contributed by atoms with Gasteiger partial charge in [-0.05, 0) is 59.5 Å². The summed E-state index contributed by atoms with van der Waals surface area (Å²) in [6.07, 6.45) is 7.12. The molecular weight excluding hydrogens is 749 g/mol. The minimum absolute atomic E-state index is 0.0878. The van der Waals surface area contributed by atoms with Crippen LogP contribution in [0.3, 0.4) is 0 Å². The van der Waals surface area contributed by atoms with Crippen molar-refractivity contribution in [1.29, 1.82) is 0 Å². The number of aromatic nitrogens is 5. The molecule has 0 bridgehead atoms. The maximum atomic E-state index is 13.3. The van der Waals surface area contributed by atoms with Crippen molar-refractivity contribution in [3.8, 4) is 28.4 Å². The van der Waals surface area contributed by atoms with Gasteiger partial charge in [-0.2, -0.15) is 0 Å². The lowest BCUT2D eigenvalue weighted by Gasteiger charge is -2.12. The molecule has 3 aromatic heterocycles. The minimum atomic E-state index is -0.407. The summed E-state index contributed by atoms with van der Waals surface area (Å²) in [7, 11) is 3.28. The highest BCUT2D eigenvalue weighted by Gasteiger charge is 2.18. The van der Waals surface area contributed by atoms with Crippen molar-refractivity contribution in [3.05, 3.63) is 132 Å². The molecule has 0 saturated heterocycles. The summed E-state index contributed by atoms with van der Waals surface area (Å²) in [5.74, 6) is 0.836. The summed E-state index contributed by atoms with van der Waals surface area (Å²) >= 11 is 0. The van der Waals surface area contributed by atoms with Gasteiger partial charge in [-0.3, -0.25) is 9.59 Å². The van der Waals surface area contributed by atoms with Crippen LogP contribution < -0.4 is 19.4 Å². The number of nitrogens with zero attached hydrogens (tertiary/aromatic N) is 5. The number of ketones is 1. The van der Waals surface area contributed by atoms with Gasteiger partial charge in [0, 0.05) is 47.9 Å². The standard InChI is InChI=1S/C46H46N6O7/c1-4-43(53)38-15-11-35(27-41(38)48-46(54)40-16-12-33-7-5-6-8-39(33)47-40)42-31-52(50-49-42)37-13-9-32(10-14-37)17-19-51-20-18-34-28-44(56-3)45(29-36(34)30-51)59-26-25-58-24-23-57-22-21-55-2/h5-16,18,20,27-31H,4,17,19,21-26H2,1-3H3/p+1. The largest absolute Gasteiger partial charge is 0.493 e. The first kappa shape index (κ1) is 40.6. The van der Waals surface area contributed by atoms with E-state index in [0.29, 0.717) is 85.6 Å². The van der Waals surface area contributed by atoms with Crippen LogP contribution >= 0.6 is 0 Å². The number of pyridine rings is 2. The minimum Gasteiger partial charge on any atom is -0.493 e. The Bertz CT molecular complexity index is 2540. The quantitative estimate of drug-likeness (QED) is 0.0484. The van der Waals surface area contributed by atoms with Crippen molar-refractivity contribution >= 4 is 39.1 Å². The number of para-hydroxylation sites is 1. The number of hydrogen-bond acceptors (Lipinski definition) is 10. The fraction of sp³-hybridized carbons (Fsp3) is 0.261. The summed E-state index contributed by atoms with van der Waals surface area (Å²) in [6.45, 7) is 5.49. The molecule has 0 saturated carbocycles. The van der Waals surface area contributed by atoms with Crippen molar-refractivity contribution in [3.63, 3.8) is 0 Å². The lowest BCUT2D eigenvalue weighted by molar-refractivity contribution is -0.695. The molecule has 4 aromatic carbocycles. The van der Waals surface area contributed by atoms with E-state index in [4.69, 9.17) is 23.7 Å². The Labute approximate surface area is 342 Å². The zero-order valence-electron chi connectivity index (χ0n) is 33.4. The number of nitrogens with one attached hydrogen (secondary N) is 1. The number of aryl methyl sites for hydroxylation is 2. The Kier molecular flexibility index (Phi) is 13.6. The predicted molar refractivity (Wildman–Crippen MR) is 225 cm³/mol. The molecule has 0 aliphatic rings. The highest BCUT2D eigenvalue weighted by Crippen LogP contribution is 2.32. The number of methoxy groups -OCH3 is 2. The molecule has 3 heterocycles. The molecule has 0 unspecified atom stereocenters. The second kappa shape index (κ2) is 19.7. The third-order valence-corrected chi connectivity index (χ3v) is 9.78. The second-order valence-electron chi connectivity index (χ2n) is 13.7. The molecule has 13 nitrogen and oxygen atoms in total. The monoisotopic (exact) mass is 795 g/mol. The summed E-state index contributed by atoms with van der Waals surface area (Å²) in [4.78, 5) is 30.7. The summed E-state index contributed by atoms with van der Waals surface area (Å²) in [6, 6.07) is 30.7. The third kappa shape index (κ3) is 10.3. The number of benzene rings is 4. The molecule has 0 radical (unpaired) electrons. The molecule has 7 aromatic rings. The van der Waals surface area contributed by atoms with E-state index in [0.717, 1.165) is 34.8 Å². The Morgan fingerprint density at radius 3 is 2.36 bits per heavy atom. The van der Waals surface area contributed by atoms with Gasteiger partial charge in [0.1, 0.15) is 18.0 Å². The van der Waals surface area contributed by atoms with Crippen LogP contribution in [0.15, 0.2) is 116 Å². The van der Waals surface area contributed by atoms with Gasteiger partial charge < -0.3 is 29.0 Å². The van der Waals surface area contributed by atoms with E-state index >= 15 is 0 Å². The van der Waals surface area contributed by atoms with Crippen molar-refractivity contribution in [1.82, 2.24) is 20.0 Å². The molecule has 13 heteroatoms. The van der Waals surface area contributed by atoms with Gasteiger partial charge in [0.25, 0.3) is 5.91 Å². The number of hydrogen-bond donors (Lipinski definition) is 1. The van der Waals surface area contributed by atoms with Gasteiger partial charge in [0.05, 0.1) is 63.2 Å². The highest BCUT2D eigenvalue weighted by molar-refractivity contribution is 6.09. The topological polar surface area (TPSA) is 140 Å². The Hall–Kier alpha value is -6.54. The number of rotatable bonds is 20. The fourth-order valence-electron chi connectivity index (χ4n) is 6.55. The zero-order valence-corrected chi connectivity index (χ0v) is 33.4. The lowest BCUT2D eigenvalue weighted by atomic mass is 10.0. The van der Waals surface area contributed by atoms with Crippen LogP contribution in [0, 0.1) is 0 Å². The van der Waals surface area contributed by atoms with Crippen molar-refractivity contribution in [2.24, 2.45) is 0 Å². The maximum Gasteiger partial charge on any atom is 0.274 e. The average Bonchev–Trinajstić information content (AvgIpc) is 3.78. The molecule has 59 heavy (non-hydrogen) atoms. The molecular formula is C46H47N6O7+. The number of carbonyl (C=O) groups is 2. The molecule has 0 aliphatic heterocycles. The van der Waals surface area contributed by atoms with Gasteiger partial charge in [-0.25, -0.2) is 14.2 Å². The zero-order chi connectivity index (χ0) is 41.0. The first-order valence-electron chi connectivity index (χ1n) is 19.6. The fourth-order valence-corrected chi connectivity index (χ4v) is 6.55. The number of carbonyl (C=O) groups excluding carboxylic acids is 2. The molecule has 1 N–H and O–H groups in total. The van der Waals surface area contributed by atoms with E-state index in [-0.39, 0.29) is 11.5 Å². The molecule has 0 fully saturated rings. The predicted octanol–water partition coefficient (Wildman–Crippen LogP) is 7.08. The number of ether oxygens (including phenoxy) is 5. The Balaban J connectivity index is 0.975. The number of Topliss-reactive ketones (excluding diaryl/α,β-unsaturated/α-hetero) is 1. The molecule has 0 atom stereocenters. The smallest absolute Gasteiger partial charge is 0.274 e. The Morgan fingerprint density at radius 2 is 1.56 bits per heavy atom. The maximum absolute atomic E-state index is 13.3. The molecule has 302 valence electrons. The first-order chi connectivity index (χ1) is 28.9. The van der Waals surface area contributed by atoms with E-state index in [1.165, 1.54) is 5.56 Å². The van der Waals surface area contributed by atoms with Crippen LogP contribution in [0.1, 0.15) is 39.8 Å². The SMILES string of the molecule is CCC(=O)c1ccc(-c2cn(-c3ccc(CC[n+]4ccc5cc(OC)c(OCCOCCOCCOC)cc5c4)cc3)nn2)cc1NC(=O)c1ccc2ccccc2n1. The first-order valence-corrected chi connectivity index (χ1v) is 19.6. The summed E-state index contributed by atoms with van der Waals surface area (Å²) in [5.41, 5.74) is 5.09. The van der Waals surface area contributed by atoms with Gasteiger partial charge in [-0.1, -0.05) is 54.6 Å². The molecule has 7 rings (SSSR count). The van der Waals surface area contributed by atoms with E-state index in [1.54, 1.807) is 44.0 Å². The van der Waals surface area contributed by atoms with Crippen LogP contribution in [-0.2, 0) is 27.2 Å². The number of anilines is 1. The number of fused-ring (bicyclic) bond motifs is 2. The van der Waals surface area contributed by atoms with Gasteiger partial charge >= 0.3 is 0 Å². The van der Waals surface area contributed by atoms with E-state index < -0.39 is 5.91 Å². The van der Waals surface area contributed by atoms with E-state index in [1.807, 2.05) is 66.9 Å². The average molecular weight is 796 g/mol. The second-order valence-corrected chi connectivity index (χ2v) is 13.7. The third-order valence-electron chi connectivity index (χ3n) is 9.78. The van der Waals surface area contributed by atoms with Crippen LogP contribution in [-0.4, -0.2) is 85.5 Å². The van der Waals surface area contributed by atoms with Crippen LogP contribution in [0.5, 0.6) is 11.5 Å². The van der Waals surface area contributed by atoms with Crippen LogP contribution in [0.2, 0.25) is 0 Å². The van der Waals surface area contributed by atoms with Crippen molar-refractivity contribution < 1.29 is 37.8 Å². The van der Waals surface area contributed by atoms with E-state index in [9.17, 15) is 9.59 Å². The highest BCUT2D eigenvalue weighted by atomic mass is 16.6. The molecule has 1 amide bonds. The summed E-state index contributed by atoms with van der Waals surface area (Å²) < 4.78 is 31.5. The normalized spacial score (nSPS) is 11.2. The van der Waals surface area contributed by atoms with Crippen molar-refractivity contribution in [2.75, 3.05) is 59.2 Å². The number of amides is 1. The van der Waals surface area contributed by atoms with E-state index in [2.05, 4.69) is 55.8 Å². The van der Waals surface area contributed by atoms with Gasteiger partial charge in [0.2, 0.25) is 0 Å². The van der Waals surface area contributed by atoms with Gasteiger partial charge in [-0.15, -0.1) is 5.10 Å². The van der Waals surface area contributed by atoms with Crippen LogP contribution in [0.25, 0.3) is 38.6 Å². The van der Waals surface area contributed by atoms with Crippen molar-refractivity contribution in [2.45, 2.75) is 26.3 Å². The molecule has 0 spiro atoms. The Morgan fingerprint density at radius 1 is 0.780 bits per heavy atom. The van der Waals surface area contributed by atoms with Crippen LogP contribution in [0.4, 0.5) is 5.69 Å².